The van der Waals surface area contributed by atoms with Crippen molar-refractivity contribution in [3.63, 3.8) is 0 Å². The fourth-order valence-corrected chi connectivity index (χ4v) is 5.86. The van der Waals surface area contributed by atoms with Gasteiger partial charge < -0.3 is 20.5 Å². The highest BCUT2D eigenvalue weighted by Gasteiger charge is 2.56. The molecule has 202 valence electrons. The predicted molar refractivity (Wildman–Crippen MR) is 139 cm³/mol. The number of carbonyl (C=O) groups excluding carboxylic acids is 2. The van der Waals surface area contributed by atoms with Gasteiger partial charge in [0.15, 0.2) is 5.82 Å². The van der Waals surface area contributed by atoms with Gasteiger partial charge in [-0.05, 0) is 66.2 Å². The van der Waals surface area contributed by atoms with Gasteiger partial charge >= 0.3 is 6.18 Å². The van der Waals surface area contributed by atoms with Crippen LogP contribution < -0.4 is 11.1 Å². The Morgan fingerprint density at radius 1 is 1.18 bits per heavy atom. The molecule has 2 amide bonds. The molecule has 2 aliphatic rings. The number of nitrogens with two attached hydrogens (primary N) is 1. The largest absolute Gasteiger partial charge is 0.416 e. The van der Waals surface area contributed by atoms with E-state index in [0.29, 0.717) is 27.8 Å². The molecule has 0 unspecified atom stereocenters. The zero-order chi connectivity index (χ0) is 27.8. The first-order valence-corrected chi connectivity index (χ1v) is 12.9. The lowest BCUT2D eigenvalue weighted by Gasteiger charge is -2.27. The SMILES string of the molecule is Cc1ncc(NC(=O)[C@@H]2C[C@H]3C[C@H]3N2C(=O)Cn2c3ncnc(N)c3c3cc(C(F)(F)F)cc(C)c32)nc1Br. The first kappa shape index (κ1) is 25.5. The topological polar surface area (TPSA) is 132 Å². The van der Waals surface area contributed by atoms with E-state index in [1.807, 2.05) is 0 Å². The number of nitrogens with one attached hydrogen (secondary N) is 1. The second kappa shape index (κ2) is 8.86. The summed E-state index contributed by atoms with van der Waals surface area (Å²) in [5.41, 5.74) is 6.88. The van der Waals surface area contributed by atoms with Gasteiger partial charge in [-0.25, -0.2) is 15.0 Å². The molecule has 0 radical (unpaired) electrons. The number of halogens is 4. The number of amides is 2. The fraction of sp³-hybridized carbons (Fsp3) is 0.360. The Labute approximate surface area is 227 Å². The summed E-state index contributed by atoms with van der Waals surface area (Å²) in [5, 5.41) is 3.21. The van der Waals surface area contributed by atoms with E-state index in [0.717, 1.165) is 18.6 Å². The second-order valence-electron chi connectivity index (χ2n) is 9.97. The van der Waals surface area contributed by atoms with Gasteiger partial charge in [0, 0.05) is 11.4 Å². The predicted octanol–water partition coefficient (Wildman–Crippen LogP) is 3.98. The van der Waals surface area contributed by atoms with E-state index < -0.39 is 17.8 Å². The second-order valence-corrected chi connectivity index (χ2v) is 10.7. The van der Waals surface area contributed by atoms with Crippen molar-refractivity contribution < 1.29 is 22.8 Å². The number of carbonyl (C=O) groups is 2. The monoisotopic (exact) mass is 602 g/mol. The molecule has 10 nitrogen and oxygen atoms in total. The molecule has 1 saturated heterocycles. The molecule has 1 saturated carbocycles. The normalized spacial score (nSPS) is 20.5. The first-order valence-electron chi connectivity index (χ1n) is 12.2. The van der Waals surface area contributed by atoms with Crippen molar-refractivity contribution in [2.24, 2.45) is 5.92 Å². The van der Waals surface area contributed by atoms with Crippen molar-refractivity contribution in [2.45, 2.75) is 51.5 Å². The highest BCUT2D eigenvalue weighted by molar-refractivity contribution is 9.10. The zero-order valence-corrected chi connectivity index (χ0v) is 22.3. The van der Waals surface area contributed by atoms with Gasteiger partial charge in [-0.15, -0.1) is 0 Å². The molecule has 6 rings (SSSR count). The standard InChI is InChI=1S/C25H22BrF3N8O2/c1-10-3-13(25(27,28)29)6-14-19-22(30)32-9-33-23(19)36(20(10)14)8-18(38)37-15-4-12(15)5-16(37)24(39)35-17-7-31-11(2)21(26)34-17/h3,6-7,9,12,15-16H,4-5,8H2,1-2H3,(H2,30,32,33)(H,34,35,39)/t12-,15-,16+/m1/s1. The molecule has 1 aliphatic heterocycles. The van der Waals surface area contributed by atoms with Crippen LogP contribution in [0.2, 0.25) is 0 Å². The molecule has 0 bridgehead atoms. The molecule has 1 aromatic carbocycles. The minimum atomic E-state index is -4.57. The van der Waals surface area contributed by atoms with E-state index in [-0.39, 0.29) is 58.4 Å². The number of piperidine rings is 1. The summed E-state index contributed by atoms with van der Waals surface area (Å²) in [6.07, 6.45) is -0.607. The maximum absolute atomic E-state index is 13.8. The van der Waals surface area contributed by atoms with Crippen molar-refractivity contribution in [2.75, 3.05) is 11.1 Å². The molecule has 3 N–H and O–H groups in total. The molecule has 3 aromatic heterocycles. The number of hydrogen-bond donors (Lipinski definition) is 2. The molecular formula is C25H22BrF3N8O2. The average Bonchev–Trinajstić information content (AvgIpc) is 3.40. The molecule has 2 fully saturated rings. The lowest BCUT2D eigenvalue weighted by molar-refractivity contribution is -0.138. The van der Waals surface area contributed by atoms with Crippen LogP contribution >= 0.6 is 15.9 Å². The maximum Gasteiger partial charge on any atom is 0.416 e. The molecule has 14 heteroatoms. The number of nitrogens with zero attached hydrogens (tertiary/aromatic N) is 6. The summed E-state index contributed by atoms with van der Waals surface area (Å²) in [7, 11) is 0. The summed E-state index contributed by atoms with van der Waals surface area (Å²) >= 11 is 3.30. The Morgan fingerprint density at radius 2 is 1.95 bits per heavy atom. The number of hydrogen-bond acceptors (Lipinski definition) is 7. The third-order valence-corrected chi connectivity index (χ3v) is 8.17. The Bertz CT molecular complexity index is 1690. The van der Waals surface area contributed by atoms with Crippen LogP contribution in [0.4, 0.5) is 24.8 Å². The smallest absolute Gasteiger partial charge is 0.383 e. The van der Waals surface area contributed by atoms with Gasteiger partial charge in [0.05, 0.1) is 28.4 Å². The number of likely N-dealkylation sites (tertiary alicyclic amines) is 1. The van der Waals surface area contributed by atoms with Crippen LogP contribution in [0, 0.1) is 19.8 Å². The van der Waals surface area contributed by atoms with Crippen molar-refractivity contribution in [1.82, 2.24) is 29.4 Å². The van der Waals surface area contributed by atoms with E-state index in [4.69, 9.17) is 5.73 Å². The van der Waals surface area contributed by atoms with E-state index in [1.165, 1.54) is 12.5 Å². The Kier molecular flexibility index (Phi) is 5.79. The van der Waals surface area contributed by atoms with Gasteiger partial charge in [0.2, 0.25) is 11.8 Å². The van der Waals surface area contributed by atoms with Crippen LogP contribution in [-0.2, 0) is 22.3 Å². The fourth-order valence-electron chi connectivity index (χ4n) is 5.57. The highest BCUT2D eigenvalue weighted by Crippen LogP contribution is 2.48. The highest BCUT2D eigenvalue weighted by atomic mass is 79.9. The number of fused-ring (bicyclic) bond motifs is 4. The molecule has 3 atom stereocenters. The van der Waals surface area contributed by atoms with Crippen LogP contribution in [0.1, 0.15) is 29.7 Å². The van der Waals surface area contributed by atoms with Gasteiger partial charge in [-0.3, -0.25) is 14.6 Å². The molecule has 4 aromatic rings. The summed E-state index contributed by atoms with van der Waals surface area (Å²) in [4.78, 5) is 45.2. The van der Waals surface area contributed by atoms with E-state index in [9.17, 15) is 22.8 Å². The molecule has 4 heterocycles. The maximum atomic E-state index is 13.8. The lowest BCUT2D eigenvalue weighted by Crippen LogP contribution is -2.46. The lowest BCUT2D eigenvalue weighted by atomic mass is 10.1. The van der Waals surface area contributed by atoms with Crippen LogP contribution in [0.3, 0.4) is 0 Å². The summed E-state index contributed by atoms with van der Waals surface area (Å²) in [6, 6.07) is 1.26. The van der Waals surface area contributed by atoms with Crippen molar-refractivity contribution in [1.29, 1.82) is 0 Å². The third-order valence-electron chi connectivity index (χ3n) is 7.42. The zero-order valence-electron chi connectivity index (χ0n) is 20.8. The number of rotatable bonds is 4. The number of benzene rings is 1. The van der Waals surface area contributed by atoms with E-state index in [1.54, 1.807) is 23.3 Å². The Hall–Kier alpha value is -3.81. The number of anilines is 2. The molecule has 0 spiro atoms. The summed E-state index contributed by atoms with van der Waals surface area (Å²) in [6.45, 7) is 3.09. The van der Waals surface area contributed by atoms with Gasteiger partial charge in [-0.2, -0.15) is 13.2 Å². The number of aryl methyl sites for hydroxylation is 2. The van der Waals surface area contributed by atoms with Crippen LogP contribution in [-0.4, -0.2) is 53.3 Å². The van der Waals surface area contributed by atoms with Gasteiger partial charge in [0.1, 0.15) is 35.0 Å². The van der Waals surface area contributed by atoms with E-state index in [2.05, 4.69) is 41.2 Å². The van der Waals surface area contributed by atoms with Crippen molar-refractivity contribution in [3.05, 3.63) is 46.1 Å². The third kappa shape index (κ3) is 4.26. The average molecular weight is 603 g/mol. The van der Waals surface area contributed by atoms with Crippen LogP contribution in [0.5, 0.6) is 0 Å². The summed E-state index contributed by atoms with van der Waals surface area (Å²) in [5.74, 6) is -0.225. The van der Waals surface area contributed by atoms with E-state index >= 15 is 0 Å². The molecular weight excluding hydrogens is 581 g/mol. The number of aromatic nitrogens is 5. The number of nitrogen functional groups attached to an aromatic ring is 1. The minimum Gasteiger partial charge on any atom is -0.383 e. The van der Waals surface area contributed by atoms with Gasteiger partial charge in [0.25, 0.3) is 0 Å². The summed E-state index contributed by atoms with van der Waals surface area (Å²) < 4.78 is 42.9. The molecule has 39 heavy (non-hydrogen) atoms. The molecule has 1 aliphatic carbocycles. The van der Waals surface area contributed by atoms with Gasteiger partial charge in [-0.1, -0.05) is 0 Å². The minimum absolute atomic E-state index is 0.0148. The first-order chi connectivity index (χ1) is 18.4. The van der Waals surface area contributed by atoms with Crippen molar-refractivity contribution >= 4 is 61.3 Å². The van der Waals surface area contributed by atoms with Crippen LogP contribution in [0.15, 0.2) is 29.3 Å². The quantitative estimate of drug-likeness (QED) is 0.361. The van der Waals surface area contributed by atoms with Crippen LogP contribution in [0.25, 0.3) is 21.9 Å². The van der Waals surface area contributed by atoms with Crippen molar-refractivity contribution in [3.8, 4) is 0 Å². The number of alkyl halides is 3. The Morgan fingerprint density at radius 3 is 2.67 bits per heavy atom. The Balaban J connectivity index is 1.36.